The minimum absolute atomic E-state index is 0.342. The first kappa shape index (κ1) is 19.4. The van der Waals surface area contributed by atoms with Crippen LogP contribution in [0.4, 0.5) is 13.2 Å². The van der Waals surface area contributed by atoms with Gasteiger partial charge in [0.25, 0.3) is 0 Å². The van der Waals surface area contributed by atoms with Gasteiger partial charge in [0.05, 0.1) is 17.0 Å². The summed E-state index contributed by atoms with van der Waals surface area (Å²) in [6.07, 6.45) is -2.53. The molecule has 0 saturated carbocycles. The molecule has 3 aromatic rings. The zero-order chi connectivity index (χ0) is 19.3. The van der Waals surface area contributed by atoms with Crippen LogP contribution in [0.25, 0.3) is 10.4 Å². The van der Waals surface area contributed by atoms with Gasteiger partial charge in [0.15, 0.2) is 0 Å². The van der Waals surface area contributed by atoms with Gasteiger partial charge in [0.2, 0.25) is 0 Å². The van der Waals surface area contributed by atoms with Crippen LogP contribution < -0.4 is 10.1 Å². The lowest BCUT2D eigenvalue weighted by Gasteiger charge is -2.09. The van der Waals surface area contributed by atoms with Crippen molar-refractivity contribution in [3.63, 3.8) is 0 Å². The highest BCUT2D eigenvalue weighted by Crippen LogP contribution is 2.34. The summed E-state index contributed by atoms with van der Waals surface area (Å²) in [6.45, 7) is 3.35. The molecular formula is C20H19F3N2OS. The number of para-hydroxylation sites is 1. The summed E-state index contributed by atoms with van der Waals surface area (Å²) in [5, 5.41) is 4.01. The first-order valence-corrected chi connectivity index (χ1v) is 9.33. The lowest BCUT2D eigenvalue weighted by molar-refractivity contribution is -0.137. The van der Waals surface area contributed by atoms with E-state index in [1.807, 2.05) is 31.2 Å². The van der Waals surface area contributed by atoms with Crippen molar-refractivity contribution in [2.75, 3.05) is 6.61 Å². The Labute approximate surface area is 159 Å². The Kier molecular flexibility index (Phi) is 6.13. The third-order valence-electron chi connectivity index (χ3n) is 3.87. The van der Waals surface area contributed by atoms with Crippen molar-refractivity contribution in [1.29, 1.82) is 0 Å². The van der Waals surface area contributed by atoms with E-state index < -0.39 is 11.7 Å². The monoisotopic (exact) mass is 392 g/mol. The maximum atomic E-state index is 12.8. The number of halogens is 3. The molecule has 0 amide bonds. The first-order valence-electron chi connectivity index (χ1n) is 8.51. The van der Waals surface area contributed by atoms with Gasteiger partial charge in [-0.05, 0) is 30.7 Å². The van der Waals surface area contributed by atoms with E-state index in [-0.39, 0.29) is 0 Å². The minimum atomic E-state index is -4.33. The average molecular weight is 392 g/mol. The Hall–Kier alpha value is -2.38. The molecule has 142 valence electrons. The smallest absolute Gasteiger partial charge is 0.416 e. The molecule has 0 unspecified atom stereocenters. The number of thiazole rings is 1. The summed E-state index contributed by atoms with van der Waals surface area (Å²) in [4.78, 5) is 5.40. The molecule has 0 atom stereocenters. The minimum Gasteiger partial charge on any atom is -0.493 e. The van der Waals surface area contributed by atoms with Gasteiger partial charge in [-0.2, -0.15) is 13.2 Å². The summed E-state index contributed by atoms with van der Waals surface area (Å²) in [6, 6.07) is 13.1. The molecule has 27 heavy (non-hydrogen) atoms. The van der Waals surface area contributed by atoms with Crippen LogP contribution in [0.3, 0.4) is 0 Å². The lowest BCUT2D eigenvalue weighted by atomic mass is 10.1. The Morgan fingerprint density at radius 2 is 1.89 bits per heavy atom. The normalized spacial score (nSPS) is 11.6. The highest BCUT2D eigenvalue weighted by molar-refractivity contribution is 7.15. The number of rotatable bonds is 7. The summed E-state index contributed by atoms with van der Waals surface area (Å²) < 4.78 is 44.0. The fraction of sp³-hybridized carbons (Fsp3) is 0.250. The Morgan fingerprint density at radius 1 is 1.07 bits per heavy atom. The number of ether oxygens (including phenoxy) is 1. The van der Waals surface area contributed by atoms with Crippen molar-refractivity contribution in [1.82, 2.24) is 10.3 Å². The molecule has 3 nitrogen and oxygen atoms in total. The summed E-state index contributed by atoms with van der Waals surface area (Å²) in [5.41, 5.74) is 0.940. The predicted molar refractivity (Wildman–Crippen MR) is 101 cm³/mol. The number of nitrogens with one attached hydrogen (secondary N) is 1. The number of benzene rings is 2. The van der Waals surface area contributed by atoms with Crippen LogP contribution in [-0.2, 0) is 19.3 Å². The average Bonchev–Trinajstić information content (AvgIpc) is 3.11. The van der Waals surface area contributed by atoms with E-state index in [1.165, 1.54) is 23.5 Å². The van der Waals surface area contributed by atoms with Crippen LogP contribution in [-0.4, -0.2) is 11.6 Å². The van der Waals surface area contributed by atoms with Crippen LogP contribution in [0.15, 0.2) is 54.7 Å². The van der Waals surface area contributed by atoms with Crippen LogP contribution in [0.1, 0.15) is 23.1 Å². The second kappa shape index (κ2) is 8.54. The zero-order valence-electron chi connectivity index (χ0n) is 14.7. The van der Waals surface area contributed by atoms with Gasteiger partial charge < -0.3 is 10.1 Å². The van der Waals surface area contributed by atoms with Crippen molar-refractivity contribution < 1.29 is 17.9 Å². The maximum Gasteiger partial charge on any atom is 0.416 e. The molecule has 3 rings (SSSR count). The largest absolute Gasteiger partial charge is 0.493 e. The van der Waals surface area contributed by atoms with Crippen molar-refractivity contribution in [3.05, 3.63) is 70.9 Å². The van der Waals surface area contributed by atoms with Crippen LogP contribution in [0.2, 0.25) is 0 Å². The van der Waals surface area contributed by atoms with Crippen LogP contribution in [0, 0.1) is 0 Å². The van der Waals surface area contributed by atoms with Crippen LogP contribution >= 0.6 is 11.3 Å². The molecule has 0 aliphatic carbocycles. The molecular weight excluding hydrogens is 373 g/mol. The van der Waals surface area contributed by atoms with E-state index in [0.717, 1.165) is 27.3 Å². The molecule has 7 heteroatoms. The highest BCUT2D eigenvalue weighted by Gasteiger charge is 2.30. The lowest BCUT2D eigenvalue weighted by Crippen LogP contribution is -2.13. The SMILES string of the molecule is CCOc1ccccc1-c1cnc(CNCc2cccc(C(F)(F)F)c2)s1. The molecule has 2 aromatic carbocycles. The van der Waals surface area contributed by atoms with Gasteiger partial charge in [-0.1, -0.05) is 30.3 Å². The number of aromatic nitrogens is 1. The number of alkyl halides is 3. The fourth-order valence-electron chi connectivity index (χ4n) is 2.64. The van der Waals surface area contributed by atoms with E-state index in [0.29, 0.717) is 25.3 Å². The number of nitrogens with zero attached hydrogens (tertiary/aromatic N) is 1. The molecule has 0 saturated heterocycles. The summed E-state index contributed by atoms with van der Waals surface area (Å²) >= 11 is 1.53. The van der Waals surface area contributed by atoms with E-state index in [4.69, 9.17) is 4.74 Å². The topological polar surface area (TPSA) is 34.1 Å². The Bertz CT molecular complexity index is 893. The molecule has 1 heterocycles. The van der Waals surface area contributed by atoms with Gasteiger partial charge in [-0.3, -0.25) is 0 Å². The van der Waals surface area contributed by atoms with Gasteiger partial charge in [0, 0.05) is 24.8 Å². The van der Waals surface area contributed by atoms with Crippen molar-refractivity contribution in [3.8, 4) is 16.2 Å². The van der Waals surface area contributed by atoms with E-state index in [2.05, 4.69) is 10.3 Å². The molecule has 1 aromatic heterocycles. The second-order valence-electron chi connectivity index (χ2n) is 5.85. The highest BCUT2D eigenvalue weighted by atomic mass is 32.1. The van der Waals surface area contributed by atoms with E-state index in [1.54, 1.807) is 12.3 Å². The Morgan fingerprint density at radius 3 is 2.67 bits per heavy atom. The molecule has 0 bridgehead atoms. The van der Waals surface area contributed by atoms with Crippen LogP contribution in [0.5, 0.6) is 5.75 Å². The predicted octanol–water partition coefficient (Wildman–Crippen LogP) is 5.52. The van der Waals surface area contributed by atoms with Gasteiger partial charge in [-0.15, -0.1) is 11.3 Å². The molecule has 0 radical (unpaired) electrons. The fourth-order valence-corrected chi connectivity index (χ4v) is 3.56. The summed E-state index contributed by atoms with van der Waals surface area (Å²) in [5.74, 6) is 0.812. The van der Waals surface area contributed by atoms with Gasteiger partial charge >= 0.3 is 6.18 Å². The molecule has 0 spiro atoms. The number of hydrogen-bond donors (Lipinski definition) is 1. The van der Waals surface area contributed by atoms with E-state index in [9.17, 15) is 13.2 Å². The van der Waals surface area contributed by atoms with Gasteiger partial charge in [0.1, 0.15) is 10.8 Å². The standard InChI is InChI=1S/C20H19F3N2OS/c1-2-26-17-9-4-3-8-16(17)18-12-25-19(27-18)13-24-11-14-6-5-7-15(10-14)20(21,22)23/h3-10,12,24H,2,11,13H2,1H3. The third kappa shape index (κ3) is 5.08. The molecule has 0 aliphatic rings. The number of hydrogen-bond acceptors (Lipinski definition) is 4. The van der Waals surface area contributed by atoms with E-state index >= 15 is 0 Å². The van der Waals surface area contributed by atoms with Gasteiger partial charge in [-0.25, -0.2) is 4.98 Å². The second-order valence-corrected chi connectivity index (χ2v) is 6.96. The third-order valence-corrected chi connectivity index (χ3v) is 4.90. The Balaban J connectivity index is 1.63. The quantitative estimate of drug-likeness (QED) is 0.575. The van der Waals surface area contributed by atoms with Crippen molar-refractivity contribution >= 4 is 11.3 Å². The van der Waals surface area contributed by atoms with Crippen molar-refractivity contribution in [2.24, 2.45) is 0 Å². The summed E-state index contributed by atoms with van der Waals surface area (Å²) in [7, 11) is 0. The molecule has 0 fully saturated rings. The molecule has 1 N–H and O–H groups in total. The van der Waals surface area contributed by atoms with Crippen molar-refractivity contribution in [2.45, 2.75) is 26.2 Å². The molecule has 0 aliphatic heterocycles. The first-order chi connectivity index (χ1) is 13.0. The maximum absolute atomic E-state index is 12.8. The zero-order valence-corrected chi connectivity index (χ0v) is 15.5.